The van der Waals surface area contributed by atoms with Crippen LogP contribution in [0.3, 0.4) is 0 Å². The second kappa shape index (κ2) is 10.0. The van der Waals surface area contributed by atoms with Gasteiger partial charge in [-0.05, 0) is 46.5 Å². The van der Waals surface area contributed by atoms with Gasteiger partial charge in [0.2, 0.25) is 0 Å². The summed E-state index contributed by atoms with van der Waals surface area (Å²) in [5.74, 6) is 0.820. The van der Waals surface area contributed by atoms with Crippen LogP contribution in [0.1, 0.15) is 22.3 Å². The van der Waals surface area contributed by atoms with Crippen molar-refractivity contribution in [3.63, 3.8) is 0 Å². The Morgan fingerprint density at radius 2 is 1.47 bits per heavy atom. The van der Waals surface area contributed by atoms with Crippen molar-refractivity contribution in [2.24, 2.45) is 0 Å². The molecule has 1 aliphatic heterocycles. The zero-order chi connectivity index (χ0) is 23.4. The predicted octanol–water partition coefficient (Wildman–Crippen LogP) is 5.22. The van der Waals surface area contributed by atoms with Gasteiger partial charge in [0.25, 0.3) is 0 Å². The minimum atomic E-state index is -0.620. The van der Waals surface area contributed by atoms with Gasteiger partial charge >= 0.3 is 0 Å². The highest BCUT2D eigenvalue weighted by atomic mass is 35.5. The van der Waals surface area contributed by atoms with Crippen molar-refractivity contribution >= 4 is 11.6 Å². The molecule has 1 fully saturated rings. The summed E-state index contributed by atoms with van der Waals surface area (Å²) in [6.45, 7) is 4.46. The van der Waals surface area contributed by atoms with Gasteiger partial charge in [-0.2, -0.15) is 0 Å². The van der Waals surface area contributed by atoms with Crippen LogP contribution in [-0.4, -0.2) is 47.9 Å². The van der Waals surface area contributed by atoms with E-state index in [0.717, 1.165) is 55.3 Å². The third kappa shape index (κ3) is 4.34. The third-order valence-electron chi connectivity index (χ3n) is 6.54. The van der Waals surface area contributed by atoms with E-state index >= 15 is 0 Å². The molecule has 1 aromatic heterocycles. The van der Waals surface area contributed by atoms with Gasteiger partial charge in [0.05, 0.1) is 26.7 Å². The monoisotopic (exact) mass is 473 g/mol. The van der Waals surface area contributed by atoms with Gasteiger partial charge < -0.3 is 14.0 Å². The Balaban J connectivity index is 1.64. The first kappa shape index (κ1) is 22.7. The molecule has 3 aromatic carbocycles. The maximum atomic E-state index is 6.28. The molecule has 0 bridgehead atoms. The summed E-state index contributed by atoms with van der Waals surface area (Å²) in [5.41, 5.74) is 4.01. The minimum absolute atomic E-state index is 0.620. The van der Waals surface area contributed by atoms with E-state index < -0.39 is 5.54 Å². The molecule has 34 heavy (non-hydrogen) atoms. The fourth-order valence-electron chi connectivity index (χ4n) is 4.80. The molecule has 0 radical (unpaired) electrons. The third-order valence-corrected chi connectivity index (χ3v) is 6.80. The largest absolute Gasteiger partial charge is 0.497 e. The Bertz CT molecular complexity index is 1190. The fourth-order valence-corrected chi connectivity index (χ4v) is 4.92. The molecule has 0 spiro atoms. The van der Waals surface area contributed by atoms with E-state index in [0.29, 0.717) is 5.02 Å². The maximum Gasteiger partial charge on any atom is 0.121 e. The first-order valence-electron chi connectivity index (χ1n) is 11.5. The standard InChI is InChI=1S/C28H28ClN3O2/c1-33-27-12-8-25(9-13-27)28(32-15-14-30-21-32,24-6-10-26(29)11-7-24)23-4-2-22(3-5-23)20-31-16-18-34-19-17-31/h2-15,21H,16-20H2,1H3. The normalized spacial score (nSPS) is 16.2. The molecule has 0 amide bonds. The molecule has 0 saturated carbocycles. The smallest absolute Gasteiger partial charge is 0.121 e. The van der Waals surface area contributed by atoms with Crippen molar-refractivity contribution in [3.05, 3.63) is 119 Å². The van der Waals surface area contributed by atoms with Crippen molar-refractivity contribution in [1.29, 1.82) is 0 Å². The highest BCUT2D eigenvalue weighted by Crippen LogP contribution is 2.41. The van der Waals surface area contributed by atoms with Crippen LogP contribution < -0.4 is 4.74 Å². The minimum Gasteiger partial charge on any atom is -0.497 e. The molecular formula is C28H28ClN3O2. The van der Waals surface area contributed by atoms with E-state index in [4.69, 9.17) is 21.1 Å². The average Bonchev–Trinajstić information content (AvgIpc) is 3.43. The van der Waals surface area contributed by atoms with E-state index in [-0.39, 0.29) is 0 Å². The van der Waals surface area contributed by atoms with Gasteiger partial charge in [-0.3, -0.25) is 4.90 Å². The number of imidazole rings is 1. The molecule has 2 heterocycles. The summed E-state index contributed by atoms with van der Waals surface area (Å²) in [4.78, 5) is 6.84. The van der Waals surface area contributed by atoms with Crippen LogP contribution in [0.4, 0.5) is 0 Å². The van der Waals surface area contributed by atoms with Crippen LogP contribution in [0.5, 0.6) is 5.75 Å². The number of morpholine rings is 1. The molecule has 6 heteroatoms. The van der Waals surface area contributed by atoms with Crippen molar-refractivity contribution in [2.75, 3.05) is 33.4 Å². The van der Waals surface area contributed by atoms with Crippen molar-refractivity contribution < 1.29 is 9.47 Å². The van der Waals surface area contributed by atoms with E-state index in [1.165, 1.54) is 5.56 Å². The lowest BCUT2D eigenvalue weighted by molar-refractivity contribution is 0.0342. The maximum absolute atomic E-state index is 6.28. The van der Waals surface area contributed by atoms with E-state index in [1.807, 2.05) is 43.0 Å². The first-order chi connectivity index (χ1) is 16.7. The van der Waals surface area contributed by atoms with Gasteiger partial charge in [-0.1, -0.05) is 60.1 Å². The number of benzene rings is 3. The summed E-state index contributed by atoms with van der Waals surface area (Å²) in [5, 5.41) is 0.707. The Kier molecular flexibility index (Phi) is 6.68. The number of hydrogen-bond donors (Lipinski definition) is 0. The van der Waals surface area contributed by atoms with Crippen molar-refractivity contribution in [1.82, 2.24) is 14.5 Å². The van der Waals surface area contributed by atoms with E-state index in [1.54, 1.807) is 7.11 Å². The molecule has 1 atom stereocenters. The van der Waals surface area contributed by atoms with Crippen LogP contribution in [0.15, 0.2) is 91.5 Å². The van der Waals surface area contributed by atoms with Crippen LogP contribution in [0, 0.1) is 0 Å². The van der Waals surface area contributed by atoms with Gasteiger partial charge in [0, 0.05) is 37.1 Å². The predicted molar refractivity (Wildman–Crippen MR) is 134 cm³/mol. The highest BCUT2D eigenvalue weighted by molar-refractivity contribution is 6.30. The van der Waals surface area contributed by atoms with Crippen LogP contribution >= 0.6 is 11.6 Å². The molecule has 0 N–H and O–H groups in total. The second-order valence-electron chi connectivity index (χ2n) is 8.50. The lowest BCUT2D eigenvalue weighted by atomic mass is 9.76. The number of halogens is 1. The Morgan fingerprint density at radius 1 is 0.882 bits per heavy atom. The molecule has 4 aromatic rings. The topological polar surface area (TPSA) is 39.5 Å². The van der Waals surface area contributed by atoms with Crippen molar-refractivity contribution in [3.8, 4) is 5.75 Å². The zero-order valence-electron chi connectivity index (χ0n) is 19.2. The number of hydrogen-bond acceptors (Lipinski definition) is 4. The van der Waals surface area contributed by atoms with Gasteiger partial charge in [-0.15, -0.1) is 0 Å². The quantitative estimate of drug-likeness (QED) is 0.345. The molecule has 1 aliphatic rings. The molecule has 174 valence electrons. The van der Waals surface area contributed by atoms with Gasteiger partial charge in [0.1, 0.15) is 11.3 Å². The summed E-state index contributed by atoms with van der Waals surface area (Å²) < 4.78 is 13.1. The lowest BCUT2D eigenvalue weighted by Crippen LogP contribution is -2.37. The van der Waals surface area contributed by atoms with E-state index in [2.05, 4.69) is 63.0 Å². The number of methoxy groups -OCH3 is 1. The summed E-state index contributed by atoms with van der Waals surface area (Å²) in [6, 6.07) is 25.2. The molecular weight excluding hydrogens is 446 g/mol. The number of nitrogens with zero attached hydrogens (tertiary/aromatic N) is 3. The Labute approximate surface area is 205 Å². The summed E-state index contributed by atoms with van der Waals surface area (Å²) >= 11 is 6.28. The summed E-state index contributed by atoms with van der Waals surface area (Å²) in [6.07, 6.45) is 5.71. The van der Waals surface area contributed by atoms with Crippen LogP contribution in [-0.2, 0) is 16.8 Å². The molecule has 1 saturated heterocycles. The fraction of sp³-hybridized carbons (Fsp3) is 0.250. The average molecular weight is 474 g/mol. The molecule has 0 aliphatic carbocycles. The highest BCUT2D eigenvalue weighted by Gasteiger charge is 2.38. The Hall–Kier alpha value is -3.12. The lowest BCUT2D eigenvalue weighted by Gasteiger charge is -2.37. The summed E-state index contributed by atoms with van der Waals surface area (Å²) in [7, 11) is 1.69. The molecule has 5 nitrogen and oxygen atoms in total. The first-order valence-corrected chi connectivity index (χ1v) is 11.9. The number of aromatic nitrogens is 2. The SMILES string of the molecule is COc1ccc(C(c2ccc(Cl)cc2)(c2ccc(CN3CCOCC3)cc2)n2ccnc2)cc1. The van der Waals surface area contributed by atoms with Gasteiger partial charge in [-0.25, -0.2) is 4.98 Å². The Morgan fingerprint density at radius 3 is 2.03 bits per heavy atom. The van der Waals surface area contributed by atoms with Crippen LogP contribution in [0.2, 0.25) is 5.02 Å². The molecule has 5 rings (SSSR count). The number of ether oxygens (including phenoxy) is 2. The zero-order valence-corrected chi connectivity index (χ0v) is 20.0. The number of rotatable bonds is 7. The van der Waals surface area contributed by atoms with Crippen LogP contribution in [0.25, 0.3) is 0 Å². The second-order valence-corrected chi connectivity index (χ2v) is 8.94. The van der Waals surface area contributed by atoms with Crippen molar-refractivity contribution in [2.45, 2.75) is 12.1 Å². The van der Waals surface area contributed by atoms with E-state index in [9.17, 15) is 0 Å². The van der Waals surface area contributed by atoms with Gasteiger partial charge in [0.15, 0.2) is 0 Å². The molecule has 1 unspecified atom stereocenters.